The number of esters is 1. The second-order valence-electron chi connectivity index (χ2n) is 8.95. The molecular weight excluding hydrogens is 453 g/mol. The minimum absolute atomic E-state index is 0.150. The molecule has 0 bridgehead atoms. The number of ether oxygens (including phenoxy) is 3. The summed E-state index contributed by atoms with van der Waals surface area (Å²) in [6.07, 6.45) is 2.08. The standard InChI is InChI=1S/C26H28FN3O5/c1-2-33-26(32)19-4-3-11-29(14-19)15-25(31)30-22(18-7-10-23-24(12-18)35-16-34-23)13-21(28-30)17-5-8-20(27)9-6-17/h5-10,12,19,22H,2-4,11,13-16H2,1H3/t19-,22+/m0/s1. The molecular formula is C26H28FN3O5. The Labute approximate surface area is 203 Å². The molecule has 0 saturated carbocycles. The first kappa shape index (κ1) is 23.3. The van der Waals surface area contributed by atoms with Gasteiger partial charge in [0.1, 0.15) is 5.82 Å². The van der Waals surface area contributed by atoms with E-state index in [1.165, 1.54) is 17.1 Å². The van der Waals surface area contributed by atoms with Gasteiger partial charge in [-0.15, -0.1) is 0 Å². The Balaban J connectivity index is 1.37. The lowest BCUT2D eigenvalue weighted by Crippen LogP contribution is -2.44. The maximum Gasteiger partial charge on any atom is 0.310 e. The second-order valence-corrected chi connectivity index (χ2v) is 8.95. The summed E-state index contributed by atoms with van der Waals surface area (Å²) < 4.78 is 29.6. The number of fused-ring (bicyclic) bond motifs is 1. The Morgan fingerprint density at radius 3 is 2.74 bits per heavy atom. The van der Waals surface area contributed by atoms with Gasteiger partial charge in [-0.2, -0.15) is 5.10 Å². The molecule has 2 aromatic rings. The number of rotatable bonds is 6. The molecule has 3 aliphatic rings. The minimum Gasteiger partial charge on any atom is -0.466 e. The van der Waals surface area contributed by atoms with Crippen molar-refractivity contribution in [2.75, 3.05) is 33.0 Å². The minimum atomic E-state index is -0.331. The van der Waals surface area contributed by atoms with E-state index in [0.717, 1.165) is 30.5 Å². The molecule has 184 valence electrons. The highest BCUT2D eigenvalue weighted by Gasteiger charge is 2.36. The lowest BCUT2D eigenvalue weighted by Gasteiger charge is -2.32. The third-order valence-electron chi connectivity index (χ3n) is 6.61. The van der Waals surface area contributed by atoms with Gasteiger partial charge in [0, 0.05) is 13.0 Å². The van der Waals surface area contributed by atoms with E-state index >= 15 is 0 Å². The zero-order chi connectivity index (χ0) is 24.4. The Kier molecular flexibility index (Phi) is 6.68. The van der Waals surface area contributed by atoms with Crippen molar-refractivity contribution < 1.29 is 28.2 Å². The van der Waals surface area contributed by atoms with Crippen molar-refractivity contribution >= 4 is 17.6 Å². The predicted octanol–water partition coefficient (Wildman–Crippen LogP) is 3.51. The van der Waals surface area contributed by atoms with Gasteiger partial charge in [-0.3, -0.25) is 14.5 Å². The van der Waals surface area contributed by atoms with Crippen LogP contribution in [0.2, 0.25) is 0 Å². The van der Waals surface area contributed by atoms with Crippen LogP contribution in [0.1, 0.15) is 43.4 Å². The number of carbonyl (C=O) groups is 2. The summed E-state index contributed by atoms with van der Waals surface area (Å²) in [4.78, 5) is 27.7. The molecule has 2 aromatic carbocycles. The monoisotopic (exact) mass is 481 g/mol. The summed E-state index contributed by atoms with van der Waals surface area (Å²) in [5.41, 5.74) is 2.36. The SMILES string of the molecule is CCOC(=O)[C@H]1CCCN(CC(=O)N2N=C(c3ccc(F)cc3)C[C@@H]2c2ccc3c(c2)OCO3)C1. The van der Waals surface area contributed by atoms with Crippen molar-refractivity contribution in [3.05, 3.63) is 59.4 Å². The molecule has 0 radical (unpaired) electrons. The molecule has 1 saturated heterocycles. The summed E-state index contributed by atoms with van der Waals surface area (Å²) in [6.45, 7) is 3.68. The number of nitrogens with zero attached hydrogens (tertiary/aromatic N) is 3. The molecule has 1 amide bonds. The van der Waals surface area contributed by atoms with Crippen LogP contribution in [0.3, 0.4) is 0 Å². The molecule has 8 nitrogen and oxygen atoms in total. The topological polar surface area (TPSA) is 80.7 Å². The number of likely N-dealkylation sites (tertiary alicyclic amines) is 1. The molecule has 0 N–H and O–H groups in total. The molecule has 0 unspecified atom stereocenters. The lowest BCUT2D eigenvalue weighted by molar-refractivity contribution is -0.150. The van der Waals surface area contributed by atoms with Crippen molar-refractivity contribution in [3.63, 3.8) is 0 Å². The fourth-order valence-electron chi connectivity index (χ4n) is 4.85. The number of hydrogen-bond acceptors (Lipinski definition) is 7. The van der Waals surface area contributed by atoms with Gasteiger partial charge in [-0.25, -0.2) is 9.40 Å². The van der Waals surface area contributed by atoms with Crippen molar-refractivity contribution in [1.29, 1.82) is 0 Å². The molecule has 3 heterocycles. The number of piperidine rings is 1. The van der Waals surface area contributed by atoms with Crippen LogP contribution >= 0.6 is 0 Å². The van der Waals surface area contributed by atoms with Gasteiger partial charge in [0.15, 0.2) is 11.5 Å². The second kappa shape index (κ2) is 10.0. The number of hydrazone groups is 1. The van der Waals surface area contributed by atoms with Gasteiger partial charge in [0.05, 0.1) is 30.8 Å². The molecule has 0 aliphatic carbocycles. The van der Waals surface area contributed by atoms with Crippen molar-refractivity contribution in [1.82, 2.24) is 9.91 Å². The first-order valence-electron chi connectivity index (χ1n) is 12.0. The van der Waals surface area contributed by atoms with Crippen LogP contribution in [0.5, 0.6) is 11.5 Å². The van der Waals surface area contributed by atoms with E-state index in [2.05, 4.69) is 5.10 Å². The lowest BCUT2D eigenvalue weighted by atomic mass is 9.97. The fraction of sp³-hybridized carbons (Fsp3) is 0.423. The van der Waals surface area contributed by atoms with Gasteiger partial charge in [0.2, 0.25) is 6.79 Å². The van der Waals surface area contributed by atoms with Crippen LogP contribution in [-0.2, 0) is 14.3 Å². The number of benzene rings is 2. The summed E-state index contributed by atoms with van der Waals surface area (Å²) in [6, 6.07) is 11.4. The van der Waals surface area contributed by atoms with Crippen LogP contribution in [0.4, 0.5) is 4.39 Å². The fourth-order valence-corrected chi connectivity index (χ4v) is 4.85. The predicted molar refractivity (Wildman–Crippen MR) is 126 cm³/mol. The zero-order valence-electron chi connectivity index (χ0n) is 19.6. The van der Waals surface area contributed by atoms with E-state index in [1.807, 2.05) is 23.1 Å². The summed E-state index contributed by atoms with van der Waals surface area (Å²) in [5.74, 6) is 0.392. The summed E-state index contributed by atoms with van der Waals surface area (Å²) in [7, 11) is 0. The highest BCUT2D eigenvalue weighted by Crippen LogP contribution is 2.39. The van der Waals surface area contributed by atoms with E-state index in [1.54, 1.807) is 19.1 Å². The van der Waals surface area contributed by atoms with Gasteiger partial charge in [-0.05, 0) is 61.7 Å². The molecule has 5 rings (SSSR count). The average Bonchev–Trinajstić information content (AvgIpc) is 3.52. The summed E-state index contributed by atoms with van der Waals surface area (Å²) >= 11 is 0. The molecule has 1 fully saturated rings. The van der Waals surface area contributed by atoms with Crippen LogP contribution < -0.4 is 9.47 Å². The first-order valence-corrected chi connectivity index (χ1v) is 12.0. The van der Waals surface area contributed by atoms with E-state index in [9.17, 15) is 14.0 Å². The molecule has 0 spiro atoms. The highest BCUT2D eigenvalue weighted by molar-refractivity contribution is 6.03. The number of hydrogen-bond donors (Lipinski definition) is 0. The van der Waals surface area contributed by atoms with Crippen LogP contribution in [0.25, 0.3) is 0 Å². The van der Waals surface area contributed by atoms with E-state index in [-0.39, 0.29) is 43.0 Å². The first-order chi connectivity index (χ1) is 17.0. The normalized spacial score (nSPS) is 21.7. The Morgan fingerprint density at radius 2 is 1.94 bits per heavy atom. The third kappa shape index (κ3) is 5.00. The molecule has 35 heavy (non-hydrogen) atoms. The Morgan fingerprint density at radius 1 is 1.14 bits per heavy atom. The van der Waals surface area contributed by atoms with Crippen LogP contribution in [0, 0.1) is 11.7 Å². The van der Waals surface area contributed by atoms with Gasteiger partial charge < -0.3 is 14.2 Å². The quantitative estimate of drug-likeness (QED) is 0.588. The average molecular weight is 482 g/mol. The number of halogens is 1. The number of amides is 1. The maximum atomic E-state index is 13.5. The third-order valence-corrected chi connectivity index (χ3v) is 6.61. The van der Waals surface area contributed by atoms with Gasteiger partial charge in [-0.1, -0.05) is 18.2 Å². The van der Waals surface area contributed by atoms with Crippen molar-refractivity contribution in [2.45, 2.75) is 32.2 Å². The molecule has 2 atom stereocenters. The Hall–Kier alpha value is -3.46. The molecule has 0 aromatic heterocycles. The molecule has 3 aliphatic heterocycles. The van der Waals surface area contributed by atoms with Gasteiger partial charge >= 0.3 is 5.97 Å². The smallest absolute Gasteiger partial charge is 0.310 e. The number of carbonyl (C=O) groups excluding carboxylic acids is 2. The van der Waals surface area contributed by atoms with Crippen LogP contribution in [0.15, 0.2) is 47.6 Å². The van der Waals surface area contributed by atoms with Crippen molar-refractivity contribution in [3.8, 4) is 11.5 Å². The largest absolute Gasteiger partial charge is 0.466 e. The van der Waals surface area contributed by atoms with Crippen molar-refractivity contribution in [2.24, 2.45) is 11.0 Å². The van der Waals surface area contributed by atoms with E-state index in [0.29, 0.717) is 36.8 Å². The van der Waals surface area contributed by atoms with E-state index in [4.69, 9.17) is 14.2 Å². The maximum absolute atomic E-state index is 13.5. The summed E-state index contributed by atoms with van der Waals surface area (Å²) in [5, 5.41) is 6.19. The van der Waals surface area contributed by atoms with E-state index < -0.39 is 0 Å². The van der Waals surface area contributed by atoms with Gasteiger partial charge in [0.25, 0.3) is 5.91 Å². The Bertz CT molecular complexity index is 1140. The van der Waals surface area contributed by atoms with Crippen LogP contribution in [-0.4, -0.2) is 60.5 Å². The highest BCUT2D eigenvalue weighted by atomic mass is 19.1. The zero-order valence-corrected chi connectivity index (χ0v) is 19.6. The molecule has 9 heteroatoms.